The van der Waals surface area contributed by atoms with E-state index in [-0.39, 0.29) is 0 Å². The maximum Gasteiger partial charge on any atom is -0.00261 e. The Morgan fingerprint density at radius 3 is 1.38 bits per heavy atom. The number of hydrogen-bond acceptors (Lipinski definition) is 0. The van der Waals surface area contributed by atoms with Crippen LogP contribution in [-0.4, -0.2) is 0 Å². The molecule has 0 unspecified atom stereocenters. The second-order valence-electron chi connectivity index (χ2n) is 13.7. The molecule has 0 spiro atoms. The molecule has 10 rings (SSSR count). The van der Waals surface area contributed by atoms with Gasteiger partial charge in [-0.05, 0) is 111 Å². The molecule has 0 saturated carbocycles. The summed E-state index contributed by atoms with van der Waals surface area (Å²) in [6, 6.07) is 75.6. The van der Waals surface area contributed by atoms with Crippen LogP contribution in [0.1, 0.15) is 0 Å². The van der Waals surface area contributed by atoms with Crippen molar-refractivity contribution in [2.75, 3.05) is 0 Å². The Hall–Kier alpha value is -6.76. The fraction of sp³-hybridized carbons (Fsp3) is 0. The van der Waals surface area contributed by atoms with Crippen LogP contribution in [-0.2, 0) is 0 Å². The fourth-order valence-electron chi connectivity index (χ4n) is 8.10. The highest BCUT2D eigenvalue weighted by molar-refractivity contribution is 6.22. The van der Waals surface area contributed by atoms with Crippen molar-refractivity contribution in [2.24, 2.45) is 0 Å². The van der Waals surface area contributed by atoms with E-state index in [0.717, 1.165) is 0 Å². The zero-order valence-electron chi connectivity index (χ0n) is 28.6. The molecular weight excluding hydrogens is 625 g/mol. The third-order valence-electron chi connectivity index (χ3n) is 10.7. The zero-order valence-corrected chi connectivity index (χ0v) is 28.6. The van der Waals surface area contributed by atoms with E-state index in [9.17, 15) is 0 Å². The Morgan fingerprint density at radius 2 is 0.654 bits per heavy atom. The predicted octanol–water partition coefficient (Wildman–Crippen LogP) is 14.6. The maximum atomic E-state index is 2.42. The molecular formula is C52H34. The van der Waals surface area contributed by atoms with Crippen molar-refractivity contribution in [3.05, 3.63) is 206 Å². The first-order valence-electron chi connectivity index (χ1n) is 18.0. The van der Waals surface area contributed by atoms with E-state index >= 15 is 0 Å². The Kier molecular flexibility index (Phi) is 7.25. The molecule has 0 bridgehead atoms. The largest absolute Gasteiger partial charge is 0.0622 e. The highest BCUT2D eigenvalue weighted by Gasteiger charge is 2.18. The van der Waals surface area contributed by atoms with Gasteiger partial charge in [0, 0.05) is 0 Å². The minimum atomic E-state index is 1.21. The molecule has 0 aliphatic carbocycles. The molecule has 0 heterocycles. The summed E-state index contributed by atoms with van der Waals surface area (Å²) in [5, 5.41) is 10.1. The molecule has 0 nitrogen and oxygen atoms in total. The van der Waals surface area contributed by atoms with E-state index < -0.39 is 0 Å². The van der Waals surface area contributed by atoms with Crippen molar-refractivity contribution >= 4 is 43.1 Å². The molecule has 0 fully saturated rings. The topological polar surface area (TPSA) is 0 Å². The molecule has 10 aromatic carbocycles. The van der Waals surface area contributed by atoms with Gasteiger partial charge < -0.3 is 0 Å². The van der Waals surface area contributed by atoms with Gasteiger partial charge in [-0.3, -0.25) is 0 Å². The third-order valence-corrected chi connectivity index (χ3v) is 10.7. The summed E-state index contributed by atoms with van der Waals surface area (Å²) in [7, 11) is 0. The molecule has 0 saturated heterocycles. The number of hydrogen-bond donors (Lipinski definition) is 0. The normalized spacial score (nSPS) is 11.5. The standard InChI is InChI=1S/C52H34/c1-2-11-35(12-3-1)37-21-26-40(27-22-37)51-47-18-8-9-19-48(47)52(41-28-24-39(25-29-41)46-20-10-16-38-14-6-7-17-45(38)46)50-34-44(31-32-49(50)51)43-30-23-36-13-4-5-15-42(36)33-43/h1-34H. The van der Waals surface area contributed by atoms with Crippen LogP contribution in [0.3, 0.4) is 0 Å². The van der Waals surface area contributed by atoms with Gasteiger partial charge in [0.25, 0.3) is 0 Å². The summed E-state index contributed by atoms with van der Waals surface area (Å²) in [5.41, 5.74) is 12.3. The molecule has 0 radical (unpaired) electrons. The van der Waals surface area contributed by atoms with Crippen molar-refractivity contribution in [3.63, 3.8) is 0 Å². The van der Waals surface area contributed by atoms with E-state index in [1.807, 2.05) is 0 Å². The van der Waals surface area contributed by atoms with E-state index in [1.54, 1.807) is 0 Å². The van der Waals surface area contributed by atoms with Crippen LogP contribution in [0.4, 0.5) is 0 Å². The third kappa shape index (κ3) is 5.16. The zero-order chi connectivity index (χ0) is 34.4. The van der Waals surface area contributed by atoms with Gasteiger partial charge in [0.15, 0.2) is 0 Å². The van der Waals surface area contributed by atoms with Gasteiger partial charge in [-0.15, -0.1) is 0 Å². The quantitative estimate of drug-likeness (QED) is 0.161. The fourth-order valence-corrected chi connectivity index (χ4v) is 8.10. The Bertz CT molecular complexity index is 2910. The van der Waals surface area contributed by atoms with Gasteiger partial charge in [0.2, 0.25) is 0 Å². The minimum absolute atomic E-state index is 1.21. The Balaban J connectivity index is 1.20. The first-order chi connectivity index (χ1) is 25.8. The van der Waals surface area contributed by atoms with Crippen molar-refractivity contribution in [1.82, 2.24) is 0 Å². The minimum Gasteiger partial charge on any atom is -0.0622 e. The van der Waals surface area contributed by atoms with Crippen molar-refractivity contribution in [1.29, 1.82) is 0 Å². The van der Waals surface area contributed by atoms with Crippen LogP contribution in [0.5, 0.6) is 0 Å². The van der Waals surface area contributed by atoms with Crippen LogP contribution in [0.2, 0.25) is 0 Å². The summed E-state index contributed by atoms with van der Waals surface area (Å²) < 4.78 is 0. The van der Waals surface area contributed by atoms with E-state index in [2.05, 4.69) is 206 Å². The van der Waals surface area contributed by atoms with Gasteiger partial charge in [0.05, 0.1) is 0 Å². The van der Waals surface area contributed by atoms with E-state index in [1.165, 1.54) is 98.7 Å². The molecule has 0 aliphatic heterocycles. The average molecular weight is 659 g/mol. The molecule has 0 heteroatoms. The summed E-state index contributed by atoms with van der Waals surface area (Å²) in [6.45, 7) is 0. The second-order valence-corrected chi connectivity index (χ2v) is 13.7. The molecule has 242 valence electrons. The predicted molar refractivity (Wildman–Crippen MR) is 224 cm³/mol. The maximum absolute atomic E-state index is 2.42. The van der Waals surface area contributed by atoms with Gasteiger partial charge >= 0.3 is 0 Å². The van der Waals surface area contributed by atoms with Crippen LogP contribution < -0.4 is 0 Å². The summed E-state index contributed by atoms with van der Waals surface area (Å²) >= 11 is 0. The van der Waals surface area contributed by atoms with Crippen molar-refractivity contribution in [3.8, 4) is 55.6 Å². The van der Waals surface area contributed by atoms with E-state index in [4.69, 9.17) is 0 Å². The Labute approximate surface area is 303 Å². The lowest BCUT2D eigenvalue weighted by molar-refractivity contribution is 1.61. The highest BCUT2D eigenvalue weighted by Crippen LogP contribution is 2.45. The smallest absolute Gasteiger partial charge is 0.00261 e. The molecule has 0 N–H and O–H groups in total. The lowest BCUT2D eigenvalue weighted by atomic mass is 9.84. The molecule has 52 heavy (non-hydrogen) atoms. The number of rotatable bonds is 5. The van der Waals surface area contributed by atoms with Crippen LogP contribution >= 0.6 is 0 Å². The molecule has 0 amide bonds. The van der Waals surface area contributed by atoms with Crippen LogP contribution in [0, 0.1) is 0 Å². The highest BCUT2D eigenvalue weighted by atomic mass is 14.2. The molecule has 0 aromatic heterocycles. The lowest BCUT2D eigenvalue weighted by Crippen LogP contribution is -1.92. The van der Waals surface area contributed by atoms with Crippen LogP contribution in [0.15, 0.2) is 206 Å². The monoisotopic (exact) mass is 658 g/mol. The Morgan fingerprint density at radius 1 is 0.192 bits per heavy atom. The SMILES string of the molecule is c1ccc(-c2ccc(-c3c4ccccc4c(-c4ccc(-c5cccc6ccccc56)cc4)c4cc(-c5ccc6ccccc6c5)ccc34)cc2)cc1. The van der Waals surface area contributed by atoms with Crippen molar-refractivity contribution in [2.45, 2.75) is 0 Å². The van der Waals surface area contributed by atoms with Gasteiger partial charge in [0.1, 0.15) is 0 Å². The second kappa shape index (κ2) is 12.5. The first-order valence-corrected chi connectivity index (χ1v) is 18.0. The van der Waals surface area contributed by atoms with Crippen molar-refractivity contribution < 1.29 is 0 Å². The first kappa shape index (κ1) is 30.1. The summed E-state index contributed by atoms with van der Waals surface area (Å²) in [4.78, 5) is 0. The van der Waals surface area contributed by atoms with Gasteiger partial charge in [-0.25, -0.2) is 0 Å². The van der Waals surface area contributed by atoms with Gasteiger partial charge in [-0.1, -0.05) is 194 Å². The summed E-state index contributed by atoms with van der Waals surface area (Å²) in [5.74, 6) is 0. The molecule has 0 aliphatic rings. The van der Waals surface area contributed by atoms with Gasteiger partial charge in [-0.2, -0.15) is 0 Å². The lowest BCUT2D eigenvalue weighted by Gasteiger charge is -2.19. The molecule has 0 atom stereocenters. The average Bonchev–Trinajstić information content (AvgIpc) is 3.22. The van der Waals surface area contributed by atoms with E-state index in [0.29, 0.717) is 0 Å². The number of fused-ring (bicyclic) bond motifs is 4. The summed E-state index contributed by atoms with van der Waals surface area (Å²) in [6.07, 6.45) is 0. The van der Waals surface area contributed by atoms with Crippen LogP contribution in [0.25, 0.3) is 98.7 Å². The molecule has 10 aromatic rings. The number of benzene rings is 10.